The Morgan fingerprint density at radius 2 is 2.03 bits per heavy atom. The van der Waals surface area contributed by atoms with Crippen molar-refractivity contribution in [2.45, 2.75) is 19.8 Å². The summed E-state index contributed by atoms with van der Waals surface area (Å²) < 4.78 is 13.2. The molecule has 0 bridgehead atoms. The average molecular weight is 430 g/mol. The van der Waals surface area contributed by atoms with Crippen LogP contribution in [0.5, 0.6) is 0 Å². The monoisotopic (exact) mass is 429 g/mol. The Labute approximate surface area is 176 Å². The van der Waals surface area contributed by atoms with Crippen LogP contribution < -0.4 is 5.32 Å². The fourth-order valence-electron chi connectivity index (χ4n) is 3.46. The number of aromatic nitrogens is 1. The van der Waals surface area contributed by atoms with Gasteiger partial charge in [-0.1, -0.05) is 6.07 Å². The number of carbonyl (C=O) groups excluding carboxylic acids is 2. The smallest absolute Gasteiger partial charge is 0.263 e. The van der Waals surface area contributed by atoms with Crippen molar-refractivity contribution in [2.24, 2.45) is 5.92 Å². The summed E-state index contributed by atoms with van der Waals surface area (Å²) in [6.45, 7) is 3.01. The van der Waals surface area contributed by atoms with E-state index in [1.54, 1.807) is 17.0 Å². The van der Waals surface area contributed by atoms with Crippen molar-refractivity contribution >= 4 is 39.6 Å². The summed E-state index contributed by atoms with van der Waals surface area (Å²) in [7, 11) is 0. The molecule has 0 radical (unpaired) electrons. The molecule has 3 aromatic rings. The van der Waals surface area contributed by atoms with Crippen LogP contribution in [0.3, 0.4) is 0 Å². The van der Waals surface area contributed by atoms with E-state index in [-0.39, 0.29) is 23.5 Å². The Morgan fingerprint density at radius 1 is 1.24 bits per heavy atom. The predicted octanol–water partition coefficient (Wildman–Crippen LogP) is 4.81. The maximum Gasteiger partial charge on any atom is 0.263 e. The number of halogens is 1. The molecular formula is C21H20FN3O2S2. The number of thiophene rings is 1. The van der Waals surface area contributed by atoms with E-state index in [0.29, 0.717) is 23.1 Å². The first-order valence-corrected chi connectivity index (χ1v) is 11.1. The zero-order valence-electron chi connectivity index (χ0n) is 15.9. The van der Waals surface area contributed by atoms with E-state index in [0.717, 1.165) is 29.0 Å². The molecule has 4 rings (SSSR count). The third kappa shape index (κ3) is 4.38. The highest BCUT2D eigenvalue weighted by Crippen LogP contribution is 2.31. The lowest BCUT2D eigenvalue weighted by atomic mass is 9.97. The lowest BCUT2D eigenvalue weighted by Crippen LogP contribution is -2.43. The van der Waals surface area contributed by atoms with Gasteiger partial charge in [-0.05, 0) is 55.5 Å². The molecule has 2 amide bonds. The number of hydrogen-bond acceptors (Lipinski definition) is 5. The zero-order valence-corrected chi connectivity index (χ0v) is 17.5. The van der Waals surface area contributed by atoms with Gasteiger partial charge in [-0.25, -0.2) is 9.37 Å². The van der Waals surface area contributed by atoms with E-state index in [1.165, 1.54) is 34.8 Å². The van der Waals surface area contributed by atoms with Gasteiger partial charge in [0.05, 0.1) is 16.5 Å². The summed E-state index contributed by atoms with van der Waals surface area (Å²) in [6.07, 6.45) is 1.54. The van der Waals surface area contributed by atoms with Gasteiger partial charge in [-0.3, -0.25) is 9.59 Å². The molecule has 8 heteroatoms. The van der Waals surface area contributed by atoms with Gasteiger partial charge in [0.2, 0.25) is 5.91 Å². The minimum Gasteiger partial charge on any atom is -0.337 e. The number of thiazole rings is 1. The fourth-order valence-corrected chi connectivity index (χ4v) is 4.99. The second-order valence-electron chi connectivity index (χ2n) is 6.99. The van der Waals surface area contributed by atoms with Gasteiger partial charge < -0.3 is 10.2 Å². The van der Waals surface area contributed by atoms with Crippen molar-refractivity contribution in [3.8, 4) is 11.3 Å². The third-order valence-electron chi connectivity index (χ3n) is 4.96. The third-order valence-corrected chi connectivity index (χ3v) is 6.70. The molecule has 1 atom stereocenters. The van der Waals surface area contributed by atoms with Gasteiger partial charge in [0.1, 0.15) is 5.82 Å². The quantitative estimate of drug-likeness (QED) is 0.647. The molecule has 0 spiro atoms. The topological polar surface area (TPSA) is 62.3 Å². The number of nitrogens with one attached hydrogen (secondary N) is 1. The Morgan fingerprint density at radius 3 is 2.76 bits per heavy atom. The number of aryl methyl sites for hydroxylation is 1. The van der Waals surface area contributed by atoms with E-state index in [1.807, 2.05) is 24.4 Å². The molecule has 1 N–H and O–H groups in total. The predicted molar refractivity (Wildman–Crippen MR) is 114 cm³/mol. The number of amides is 2. The number of benzene rings is 1. The van der Waals surface area contributed by atoms with Crippen LogP contribution in [0.25, 0.3) is 11.3 Å². The Bertz CT molecular complexity index is 1020. The van der Waals surface area contributed by atoms with Gasteiger partial charge in [-0.2, -0.15) is 0 Å². The molecule has 5 nitrogen and oxygen atoms in total. The Kier molecular flexibility index (Phi) is 5.73. The summed E-state index contributed by atoms with van der Waals surface area (Å²) in [5.41, 5.74) is 1.55. The molecule has 29 heavy (non-hydrogen) atoms. The molecule has 1 saturated heterocycles. The minimum absolute atomic E-state index is 0.0128. The summed E-state index contributed by atoms with van der Waals surface area (Å²) in [4.78, 5) is 33.3. The molecule has 1 aliphatic rings. The van der Waals surface area contributed by atoms with E-state index < -0.39 is 0 Å². The van der Waals surface area contributed by atoms with E-state index in [2.05, 4.69) is 10.3 Å². The number of rotatable bonds is 4. The molecule has 1 unspecified atom stereocenters. The van der Waals surface area contributed by atoms with E-state index >= 15 is 0 Å². The molecule has 2 aromatic heterocycles. The molecule has 1 aromatic carbocycles. The number of piperidine rings is 1. The lowest BCUT2D eigenvalue weighted by molar-refractivity contribution is -0.121. The van der Waals surface area contributed by atoms with Crippen LogP contribution in [0.4, 0.5) is 9.52 Å². The van der Waals surface area contributed by atoms with Gasteiger partial charge in [0.25, 0.3) is 5.91 Å². The molecule has 0 saturated carbocycles. The summed E-state index contributed by atoms with van der Waals surface area (Å²) in [6, 6.07) is 9.82. The maximum absolute atomic E-state index is 13.2. The minimum atomic E-state index is -0.297. The number of hydrogen-bond donors (Lipinski definition) is 1. The summed E-state index contributed by atoms with van der Waals surface area (Å²) >= 11 is 2.81. The summed E-state index contributed by atoms with van der Waals surface area (Å²) in [5, 5.41) is 5.31. The van der Waals surface area contributed by atoms with Gasteiger partial charge in [0, 0.05) is 23.5 Å². The molecule has 1 fully saturated rings. The zero-order chi connectivity index (χ0) is 20.4. The first-order chi connectivity index (χ1) is 14.0. The highest BCUT2D eigenvalue weighted by atomic mass is 32.1. The number of nitrogens with zero attached hydrogens (tertiary/aromatic N) is 2. The van der Waals surface area contributed by atoms with Crippen LogP contribution in [-0.4, -0.2) is 34.8 Å². The first kappa shape index (κ1) is 19.7. The highest BCUT2D eigenvalue weighted by molar-refractivity contribution is 7.16. The van der Waals surface area contributed by atoms with E-state index in [9.17, 15) is 14.0 Å². The first-order valence-electron chi connectivity index (χ1n) is 9.38. The van der Waals surface area contributed by atoms with Gasteiger partial charge in [-0.15, -0.1) is 22.7 Å². The number of likely N-dealkylation sites (tertiary alicyclic amines) is 1. The van der Waals surface area contributed by atoms with Crippen molar-refractivity contribution in [2.75, 3.05) is 18.4 Å². The summed E-state index contributed by atoms with van der Waals surface area (Å²) in [5.74, 6) is -0.686. The molecule has 150 valence electrons. The SMILES string of the molecule is Cc1sc(NC(=O)C2CCCN(C(=O)c3cccs3)C2)nc1-c1ccc(F)cc1. The van der Waals surface area contributed by atoms with Crippen molar-refractivity contribution < 1.29 is 14.0 Å². The normalized spacial score (nSPS) is 16.6. The molecule has 3 heterocycles. The molecular weight excluding hydrogens is 409 g/mol. The Balaban J connectivity index is 1.43. The lowest BCUT2D eigenvalue weighted by Gasteiger charge is -2.31. The van der Waals surface area contributed by atoms with Gasteiger partial charge in [0.15, 0.2) is 5.13 Å². The van der Waals surface area contributed by atoms with Crippen molar-refractivity contribution in [3.05, 3.63) is 57.3 Å². The standard InChI is InChI=1S/C21H20FN3O2S2/c1-13-18(14-6-8-16(22)9-7-14)23-21(29-13)24-19(26)15-4-2-10-25(12-15)20(27)17-5-3-11-28-17/h3,5-9,11,15H,2,4,10,12H2,1H3,(H,23,24,26). The van der Waals surface area contributed by atoms with Crippen molar-refractivity contribution in [3.63, 3.8) is 0 Å². The van der Waals surface area contributed by atoms with E-state index in [4.69, 9.17) is 0 Å². The van der Waals surface area contributed by atoms with Crippen molar-refractivity contribution in [1.82, 2.24) is 9.88 Å². The second-order valence-corrected chi connectivity index (χ2v) is 9.14. The van der Waals surface area contributed by atoms with Crippen LogP contribution in [0.15, 0.2) is 41.8 Å². The largest absolute Gasteiger partial charge is 0.337 e. The maximum atomic E-state index is 13.2. The van der Waals surface area contributed by atoms with Crippen LogP contribution in [0.2, 0.25) is 0 Å². The second kappa shape index (κ2) is 8.42. The van der Waals surface area contributed by atoms with Crippen LogP contribution in [0.1, 0.15) is 27.4 Å². The molecule has 1 aliphatic heterocycles. The number of anilines is 1. The number of carbonyl (C=O) groups is 2. The van der Waals surface area contributed by atoms with Crippen LogP contribution in [-0.2, 0) is 4.79 Å². The fraction of sp³-hybridized carbons (Fsp3) is 0.286. The highest BCUT2D eigenvalue weighted by Gasteiger charge is 2.29. The Hall–Kier alpha value is -2.58. The van der Waals surface area contributed by atoms with Crippen molar-refractivity contribution in [1.29, 1.82) is 0 Å². The van der Waals surface area contributed by atoms with Crippen LogP contribution >= 0.6 is 22.7 Å². The van der Waals surface area contributed by atoms with Gasteiger partial charge >= 0.3 is 0 Å². The molecule has 0 aliphatic carbocycles. The van der Waals surface area contributed by atoms with Crippen LogP contribution in [0, 0.1) is 18.7 Å². The average Bonchev–Trinajstić information content (AvgIpc) is 3.38.